The Kier molecular flexibility index (Phi) is 5.11. The SMILES string of the molecule is CN(Cc1nccs1)[C@@H]1CC12CCN(C(=O)CC[C@H]1CCOC1)CC2. The second kappa shape index (κ2) is 7.33. The lowest BCUT2D eigenvalue weighted by atomic mass is 9.92. The van der Waals surface area contributed by atoms with Crippen LogP contribution in [0.2, 0.25) is 0 Å². The first-order chi connectivity index (χ1) is 12.2. The second-order valence-corrected chi connectivity index (χ2v) is 9.05. The zero-order valence-electron chi connectivity index (χ0n) is 15.2. The molecule has 138 valence electrons. The molecule has 5 nitrogen and oxygen atoms in total. The van der Waals surface area contributed by atoms with Crippen LogP contribution in [0, 0.1) is 11.3 Å². The number of hydrogen-bond donors (Lipinski definition) is 0. The van der Waals surface area contributed by atoms with Gasteiger partial charge in [-0.2, -0.15) is 0 Å². The third-order valence-electron chi connectivity index (χ3n) is 6.45. The Hall–Kier alpha value is -0.980. The van der Waals surface area contributed by atoms with Gasteiger partial charge in [0, 0.05) is 50.3 Å². The maximum absolute atomic E-state index is 12.5. The van der Waals surface area contributed by atoms with E-state index >= 15 is 0 Å². The number of carbonyl (C=O) groups is 1. The molecule has 1 aliphatic carbocycles. The van der Waals surface area contributed by atoms with E-state index in [2.05, 4.69) is 21.8 Å². The molecule has 6 heteroatoms. The molecule has 3 heterocycles. The molecule has 25 heavy (non-hydrogen) atoms. The van der Waals surface area contributed by atoms with Gasteiger partial charge in [-0.3, -0.25) is 9.69 Å². The van der Waals surface area contributed by atoms with Gasteiger partial charge in [-0.15, -0.1) is 11.3 Å². The number of aromatic nitrogens is 1. The van der Waals surface area contributed by atoms with Crippen molar-refractivity contribution in [2.24, 2.45) is 11.3 Å². The summed E-state index contributed by atoms with van der Waals surface area (Å²) in [6, 6.07) is 0.671. The predicted molar refractivity (Wildman–Crippen MR) is 98.4 cm³/mol. The first kappa shape index (κ1) is 17.4. The van der Waals surface area contributed by atoms with Crippen molar-refractivity contribution < 1.29 is 9.53 Å². The summed E-state index contributed by atoms with van der Waals surface area (Å²) in [5.74, 6) is 0.961. The number of likely N-dealkylation sites (tertiary alicyclic amines) is 1. The highest BCUT2D eigenvalue weighted by molar-refractivity contribution is 7.09. The van der Waals surface area contributed by atoms with E-state index in [1.807, 2.05) is 11.6 Å². The molecular weight excluding hydrogens is 334 g/mol. The van der Waals surface area contributed by atoms with Crippen molar-refractivity contribution in [3.05, 3.63) is 16.6 Å². The van der Waals surface area contributed by atoms with Gasteiger partial charge >= 0.3 is 0 Å². The summed E-state index contributed by atoms with van der Waals surface area (Å²) in [5, 5.41) is 3.25. The summed E-state index contributed by atoms with van der Waals surface area (Å²) in [4.78, 5) is 21.5. The van der Waals surface area contributed by atoms with E-state index in [0.717, 1.165) is 58.5 Å². The lowest BCUT2D eigenvalue weighted by Crippen LogP contribution is -2.41. The topological polar surface area (TPSA) is 45.7 Å². The molecule has 0 radical (unpaired) electrons. The maximum Gasteiger partial charge on any atom is 0.222 e. The largest absolute Gasteiger partial charge is 0.381 e. The average Bonchev–Trinajstić information content (AvgIpc) is 3.04. The highest BCUT2D eigenvalue weighted by atomic mass is 32.1. The van der Waals surface area contributed by atoms with E-state index in [-0.39, 0.29) is 0 Å². The van der Waals surface area contributed by atoms with E-state index in [1.54, 1.807) is 11.3 Å². The minimum absolute atomic E-state index is 0.357. The van der Waals surface area contributed by atoms with Crippen LogP contribution in [0.3, 0.4) is 0 Å². The number of carbonyl (C=O) groups excluding carboxylic acids is 1. The fraction of sp³-hybridized carbons (Fsp3) is 0.789. The first-order valence-corrected chi connectivity index (χ1v) is 10.5. The molecular formula is C19H29N3O2S. The van der Waals surface area contributed by atoms with Crippen LogP contribution < -0.4 is 0 Å². The predicted octanol–water partition coefficient (Wildman–Crippen LogP) is 2.77. The molecule has 0 unspecified atom stereocenters. The number of amides is 1. The number of nitrogens with zero attached hydrogens (tertiary/aromatic N) is 3. The van der Waals surface area contributed by atoms with Crippen LogP contribution in [0.1, 0.15) is 43.5 Å². The van der Waals surface area contributed by atoms with Crippen LogP contribution in [0.15, 0.2) is 11.6 Å². The molecule has 1 aromatic rings. The molecule has 1 saturated carbocycles. The fourth-order valence-electron chi connectivity index (χ4n) is 4.64. The molecule has 1 amide bonds. The Labute approximate surface area is 154 Å². The van der Waals surface area contributed by atoms with Crippen molar-refractivity contribution in [3.8, 4) is 0 Å². The monoisotopic (exact) mass is 363 g/mol. The molecule has 1 aromatic heterocycles. The highest BCUT2D eigenvalue weighted by Crippen LogP contribution is 2.56. The molecule has 3 aliphatic rings. The lowest BCUT2D eigenvalue weighted by molar-refractivity contribution is -0.133. The summed E-state index contributed by atoms with van der Waals surface area (Å²) in [5.41, 5.74) is 0.460. The van der Waals surface area contributed by atoms with Gasteiger partial charge in [0.15, 0.2) is 0 Å². The summed E-state index contributed by atoms with van der Waals surface area (Å²) < 4.78 is 5.41. The molecule has 1 spiro atoms. The molecule has 0 N–H and O–H groups in total. The Bertz CT molecular complexity index is 577. The maximum atomic E-state index is 12.5. The minimum atomic E-state index is 0.357. The molecule has 4 rings (SSSR count). The zero-order chi connectivity index (χ0) is 17.3. The van der Waals surface area contributed by atoms with E-state index in [9.17, 15) is 4.79 Å². The molecule has 0 aromatic carbocycles. The number of hydrogen-bond acceptors (Lipinski definition) is 5. The lowest BCUT2D eigenvalue weighted by Gasteiger charge is -2.34. The van der Waals surface area contributed by atoms with E-state index in [4.69, 9.17) is 4.74 Å². The van der Waals surface area contributed by atoms with Gasteiger partial charge in [-0.05, 0) is 50.5 Å². The van der Waals surface area contributed by atoms with Crippen LogP contribution in [0.25, 0.3) is 0 Å². The van der Waals surface area contributed by atoms with Gasteiger partial charge in [-0.1, -0.05) is 0 Å². The zero-order valence-corrected chi connectivity index (χ0v) is 16.0. The van der Waals surface area contributed by atoms with E-state index in [0.29, 0.717) is 29.7 Å². The Morgan fingerprint density at radius 3 is 3.00 bits per heavy atom. The van der Waals surface area contributed by atoms with Crippen LogP contribution in [-0.4, -0.2) is 60.1 Å². The third kappa shape index (κ3) is 3.91. The number of piperidine rings is 1. The summed E-state index contributed by atoms with van der Waals surface area (Å²) >= 11 is 1.74. The minimum Gasteiger partial charge on any atom is -0.381 e. The van der Waals surface area contributed by atoms with Crippen molar-refractivity contribution in [2.45, 2.75) is 51.1 Å². The first-order valence-electron chi connectivity index (χ1n) is 9.60. The quantitative estimate of drug-likeness (QED) is 0.780. The van der Waals surface area contributed by atoms with Crippen molar-refractivity contribution in [2.75, 3.05) is 33.4 Å². The van der Waals surface area contributed by atoms with Crippen molar-refractivity contribution >= 4 is 17.2 Å². The summed E-state index contributed by atoms with van der Waals surface area (Å²) in [7, 11) is 2.22. The Morgan fingerprint density at radius 1 is 1.48 bits per heavy atom. The standard InChI is InChI=1S/C19H29N3O2S/c1-21(13-17-20-7-11-25-17)16-12-19(16)5-8-22(9-6-19)18(23)3-2-15-4-10-24-14-15/h7,11,15-16H,2-6,8-10,12-14H2,1H3/t15-,16+/m0/s1. The summed E-state index contributed by atoms with van der Waals surface area (Å²) in [6.07, 6.45) is 8.34. The van der Waals surface area contributed by atoms with Crippen LogP contribution in [-0.2, 0) is 16.1 Å². The average molecular weight is 364 g/mol. The highest BCUT2D eigenvalue weighted by Gasteiger charge is 2.56. The smallest absolute Gasteiger partial charge is 0.222 e. The van der Waals surface area contributed by atoms with Gasteiger partial charge in [0.2, 0.25) is 5.91 Å². The molecule has 0 bridgehead atoms. The van der Waals surface area contributed by atoms with Gasteiger partial charge in [0.1, 0.15) is 5.01 Å². The Balaban J connectivity index is 1.21. The number of ether oxygens (including phenoxy) is 1. The Morgan fingerprint density at radius 2 is 2.32 bits per heavy atom. The third-order valence-corrected chi connectivity index (χ3v) is 7.21. The van der Waals surface area contributed by atoms with Crippen LogP contribution >= 0.6 is 11.3 Å². The molecule has 3 fully saturated rings. The van der Waals surface area contributed by atoms with Crippen molar-refractivity contribution in [1.29, 1.82) is 0 Å². The van der Waals surface area contributed by atoms with E-state index in [1.165, 1.54) is 11.4 Å². The van der Waals surface area contributed by atoms with Crippen molar-refractivity contribution in [3.63, 3.8) is 0 Å². The van der Waals surface area contributed by atoms with Gasteiger partial charge in [-0.25, -0.2) is 4.98 Å². The number of thiazole rings is 1. The van der Waals surface area contributed by atoms with E-state index < -0.39 is 0 Å². The van der Waals surface area contributed by atoms with Crippen molar-refractivity contribution in [1.82, 2.24) is 14.8 Å². The number of rotatable bonds is 6. The second-order valence-electron chi connectivity index (χ2n) is 8.07. The van der Waals surface area contributed by atoms with Gasteiger partial charge in [0.05, 0.1) is 6.54 Å². The van der Waals surface area contributed by atoms with Crippen LogP contribution in [0.5, 0.6) is 0 Å². The molecule has 2 atom stereocenters. The summed E-state index contributed by atoms with van der Waals surface area (Å²) in [6.45, 7) is 4.57. The molecule has 2 aliphatic heterocycles. The van der Waals surface area contributed by atoms with Gasteiger partial charge < -0.3 is 9.64 Å². The fourth-order valence-corrected chi connectivity index (χ4v) is 5.32. The molecule has 2 saturated heterocycles. The normalized spacial score (nSPS) is 28.0. The van der Waals surface area contributed by atoms with Crippen LogP contribution in [0.4, 0.5) is 0 Å². The van der Waals surface area contributed by atoms with Gasteiger partial charge in [0.25, 0.3) is 0 Å².